The van der Waals surface area contributed by atoms with Gasteiger partial charge in [-0.1, -0.05) is 30.1 Å². The third kappa shape index (κ3) is 6.01. The van der Waals surface area contributed by atoms with Gasteiger partial charge in [-0.25, -0.2) is 0 Å². The molecule has 1 nitrogen and oxygen atoms in total. The van der Waals surface area contributed by atoms with Gasteiger partial charge in [-0.2, -0.15) is 0 Å². The lowest BCUT2D eigenvalue weighted by atomic mass is 10.2. The van der Waals surface area contributed by atoms with E-state index in [0.717, 1.165) is 12.3 Å². The molecule has 0 radical (unpaired) electrons. The van der Waals surface area contributed by atoms with Crippen molar-refractivity contribution in [2.24, 2.45) is 0 Å². The summed E-state index contributed by atoms with van der Waals surface area (Å²) >= 11 is 13.7. The predicted octanol–water partition coefficient (Wildman–Crippen LogP) is 4.86. The van der Waals surface area contributed by atoms with Gasteiger partial charge in [0.15, 0.2) is 0 Å². The van der Waals surface area contributed by atoms with E-state index in [1.165, 1.54) is 17.7 Å². The molecule has 96 valence electrons. The van der Waals surface area contributed by atoms with Crippen molar-refractivity contribution in [3.63, 3.8) is 0 Å². The Morgan fingerprint density at radius 2 is 2.06 bits per heavy atom. The van der Waals surface area contributed by atoms with E-state index in [-0.39, 0.29) is 0 Å². The van der Waals surface area contributed by atoms with Crippen LogP contribution in [0.4, 0.5) is 0 Å². The summed E-state index contributed by atoms with van der Waals surface area (Å²) < 4.78 is 0. The molecule has 0 amide bonds. The Labute approximate surface area is 118 Å². The second-order valence-electron chi connectivity index (χ2n) is 4.03. The molecule has 0 aliphatic heterocycles. The van der Waals surface area contributed by atoms with E-state index in [2.05, 4.69) is 19.2 Å². The van der Waals surface area contributed by atoms with Gasteiger partial charge in [0.2, 0.25) is 0 Å². The van der Waals surface area contributed by atoms with Gasteiger partial charge in [0.25, 0.3) is 0 Å². The minimum atomic E-state index is 0.606. The number of hydrogen-bond donors (Lipinski definition) is 1. The molecule has 1 N–H and O–H groups in total. The quantitative estimate of drug-likeness (QED) is 0.568. The molecule has 1 aromatic carbocycles. The van der Waals surface area contributed by atoms with Crippen LogP contribution in [-0.2, 0) is 0 Å². The van der Waals surface area contributed by atoms with Crippen molar-refractivity contribution in [3.05, 3.63) is 28.2 Å². The highest BCUT2D eigenvalue weighted by atomic mass is 35.5. The lowest BCUT2D eigenvalue weighted by molar-refractivity contribution is 0.526. The SMILES string of the molecule is CCNC(C)CCCSc1ccc(Cl)c(Cl)c1. The Kier molecular flexibility index (Phi) is 7.36. The second-order valence-corrected chi connectivity index (χ2v) is 6.01. The fourth-order valence-electron chi connectivity index (χ4n) is 1.60. The lowest BCUT2D eigenvalue weighted by Gasteiger charge is -2.11. The number of benzene rings is 1. The molecule has 0 saturated heterocycles. The number of rotatable bonds is 7. The molecule has 1 aromatic rings. The predicted molar refractivity (Wildman–Crippen MR) is 79.6 cm³/mol. The highest BCUT2D eigenvalue weighted by Gasteiger charge is 2.02. The third-order valence-electron chi connectivity index (χ3n) is 2.49. The molecule has 0 aromatic heterocycles. The van der Waals surface area contributed by atoms with Crippen molar-refractivity contribution >= 4 is 35.0 Å². The number of nitrogens with one attached hydrogen (secondary N) is 1. The van der Waals surface area contributed by atoms with E-state index in [4.69, 9.17) is 23.2 Å². The smallest absolute Gasteiger partial charge is 0.0603 e. The van der Waals surface area contributed by atoms with Gasteiger partial charge < -0.3 is 5.32 Å². The zero-order chi connectivity index (χ0) is 12.7. The average molecular weight is 292 g/mol. The van der Waals surface area contributed by atoms with Crippen LogP contribution in [0.25, 0.3) is 0 Å². The molecule has 1 rings (SSSR count). The summed E-state index contributed by atoms with van der Waals surface area (Å²) in [4.78, 5) is 1.19. The standard InChI is InChI=1S/C13H19Cl2NS/c1-3-16-10(2)5-4-8-17-11-6-7-12(14)13(15)9-11/h6-7,9-10,16H,3-5,8H2,1-2H3. The molecule has 0 spiro atoms. The first kappa shape index (κ1) is 15.2. The van der Waals surface area contributed by atoms with E-state index in [9.17, 15) is 0 Å². The van der Waals surface area contributed by atoms with Crippen LogP contribution < -0.4 is 5.32 Å². The highest BCUT2D eigenvalue weighted by molar-refractivity contribution is 7.99. The van der Waals surface area contributed by atoms with Gasteiger partial charge in [-0.05, 0) is 50.3 Å². The largest absolute Gasteiger partial charge is 0.315 e. The topological polar surface area (TPSA) is 12.0 Å². The van der Waals surface area contributed by atoms with Crippen molar-refractivity contribution in [1.29, 1.82) is 0 Å². The third-order valence-corrected chi connectivity index (χ3v) is 4.31. The molecule has 0 aliphatic carbocycles. The van der Waals surface area contributed by atoms with Crippen LogP contribution in [0.5, 0.6) is 0 Å². The van der Waals surface area contributed by atoms with Gasteiger partial charge in [-0.15, -0.1) is 11.8 Å². The van der Waals surface area contributed by atoms with Gasteiger partial charge in [0.1, 0.15) is 0 Å². The summed E-state index contributed by atoms with van der Waals surface area (Å²) in [6.07, 6.45) is 2.42. The number of halogens is 2. The summed E-state index contributed by atoms with van der Waals surface area (Å²) in [5, 5.41) is 4.67. The molecule has 0 bridgehead atoms. The lowest BCUT2D eigenvalue weighted by Crippen LogP contribution is -2.25. The monoisotopic (exact) mass is 291 g/mol. The fourth-order valence-corrected chi connectivity index (χ4v) is 2.87. The first-order chi connectivity index (χ1) is 8.13. The Hall–Kier alpha value is 0.110. The number of thioether (sulfide) groups is 1. The van der Waals surface area contributed by atoms with Crippen molar-refractivity contribution in [3.8, 4) is 0 Å². The summed E-state index contributed by atoms with van der Waals surface area (Å²) in [6, 6.07) is 6.41. The molecule has 17 heavy (non-hydrogen) atoms. The van der Waals surface area contributed by atoms with Crippen LogP contribution in [0.1, 0.15) is 26.7 Å². The molecular weight excluding hydrogens is 273 g/mol. The second kappa shape index (κ2) is 8.25. The summed E-state index contributed by atoms with van der Waals surface area (Å²) in [5.74, 6) is 1.12. The first-order valence-corrected chi connectivity index (χ1v) is 7.69. The van der Waals surface area contributed by atoms with Gasteiger partial charge in [0.05, 0.1) is 10.0 Å². The van der Waals surface area contributed by atoms with Gasteiger partial charge in [-0.3, -0.25) is 0 Å². The molecular formula is C13H19Cl2NS. The molecule has 0 saturated carbocycles. The Morgan fingerprint density at radius 3 is 2.71 bits per heavy atom. The van der Waals surface area contributed by atoms with Crippen LogP contribution in [0.2, 0.25) is 10.0 Å². The van der Waals surface area contributed by atoms with Crippen LogP contribution in [0.3, 0.4) is 0 Å². The normalized spacial score (nSPS) is 12.7. The minimum Gasteiger partial charge on any atom is -0.315 e. The van der Waals surface area contributed by atoms with Crippen LogP contribution in [0, 0.1) is 0 Å². The zero-order valence-corrected chi connectivity index (χ0v) is 12.6. The average Bonchev–Trinajstić information content (AvgIpc) is 2.29. The molecule has 0 fully saturated rings. The fraction of sp³-hybridized carbons (Fsp3) is 0.538. The van der Waals surface area contributed by atoms with Crippen molar-refractivity contribution < 1.29 is 0 Å². The molecule has 4 heteroatoms. The van der Waals surface area contributed by atoms with E-state index in [1.807, 2.05) is 30.0 Å². The zero-order valence-electron chi connectivity index (χ0n) is 10.3. The first-order valence-electron chi connectivity index (χ1n) is 5.94. The molecule has 1 unspecified atom stereocenters. The molecule has 0 aliphatic rings. The summed E-state index contributed by atoms with van der Waals surface area (Å²) in [7, 11) is 0. The maximum absolute atomic E-state index is 5.96. The van der Waals surface area contributed by atoms with Crippen molar-refractivity contribution in [2.75, 3.05) is 12.3 Å². The van der Waals surface area contributed by atoms with E-state index in [0.29, 0.717) is 16.1 Å². The van der Waals surface area contributed by atoms with E-state index >= 15 is 0 Å². The van der Waals surface area contributed by atoms with Crippen LogP contribution >= 0.6 is 35.0 Å². The van der Waals surface area contributed by atoms with E-state index in [1.54, 1.807) is 0 Å². The van der Waals surface area contributed by atoms with Gasteiger partial charge in [0, 0.05) is 10.9 Å². The number of hydrogen-bond acceptors (Lipinski definition) is 2. The molecule has 0 heterocycles. The Balaban J connectivity index is 2.24. The Bertz CT molecular complexity index is 344. The summed E-state index contributed by atoms with van der Waals surface area (Å²) in [5.41, 5.74) is 0. The van der Waals surface area contributed by atoms with Crippen molar-refractivity contribution in [2.45, 2.75) is 37.6 Å². The minimum absolute atomic E-state index is 0.606. The highest BCUT2D eigenvalue weighted by Crippen LogP contribution is 2.28. The maximum Gasteiger partial charge on any atom is 0.0603 e. The summed E-state index contributed by atoms with van der Waals surface area (Å²) in [6.45, 7) is 5.41. The molecule has 1 atom stereocenters. The van der Waals surface area contributed by atoms with Crippen molar-refractivity contribution in [1.82, 2.24) is 5.32 Å². The van der Waals surface area contributed by atoms with Crippen LogP contribution in [0.15, 0.2) is 23.1 Å². The Morgan fingerprint density at radius 1 is 1.29 bits per heavy atom. The van der Waals surface area contributed by atoms with Gasteiger partial charge >= 0.3 is 0 Å². The van der Waals surface area contributed by atoms with Crippen LogP contribution in [-0.4, -0.2) is 18.3 Å². The maximum atomic E-state index is 5.96. The van der Waals surface area contributed by atoms with E-state index < -0.39 is 0 Å².